The molecule has 11 nitrogen and oxygen atoms in total. The first kappa shape index (κ1) is 29.1. The van der Waals surface area contributed by atoms with Gasteiger partial charge >= 0.3 is 11.9 Å². The molecule has 2 aromatic rings. The molecular weight excluding hydrogens is 524 g/mol. The number of para-hydroxylation sites is 1. The summed E-state index contributed by atoms with van der Waals surface area (Å²) in [6.45, 7) is -1.06. The van der Waals surface area contributed by atoms with Gasteiger partial charge in [-0.2, -0.15) is 0 Å². The number of rotatable bonds is 9. The molecule has 1 aliphatic heterocycles. The van der Waals surface area contributed by atoms with Gasteiger partial charge in [0.2, 0.25) is 11.9 Å². The molecule has 0 bridgehead atoms. The van der Waals surface area contributed by atoms with Crippen LogP contribution in [0, 0.1) is 0 Å². The summed E-state index contributed by atoms with van der Waals surface area (Å²) in [7, 11) is 0. The van der Waals surface area contributed by atoms with Crippen LogP contribution in [0.4, 0.5) is 0 Å². The van der Waals surface area contributed by atoms with Crippen LogP contribution in [0.1, 0.15) is 24.0 Å². The molecule has 0 radical (unpaired) electrons. The van der Waals surface area contributed by atoms with Crippen molar-refractivity contribution in [3.8, 4) is 5.75 Å². The Labute approximate surface area is 229 Å². The molecule has 0 aromatic heterocycles. The number of ketones is 1. The second-order valence-electron chi connectivity index (χ2n) is 9.28. The lowest BCUT2D eigenvalue weighted by molar-refractivity contribution is -0.281. The lowest BCUT2D eigenvalue weighted by Crippen LogP contribution is -2.61. The summed E-state index contributed by atoms with van der Waals surface area (Å²) in [5.41, 5.74) is -1.35. The summed E-state index contributed by atoms with van der Waals surface area (Å²) in [4.78, 5) is 37.2. The average molecular weight is 555 g/mol. The van der Waals surface area contributed by atoms with Gasteiger partial charge in [0.25, 0.3) is 0 Å². The Balaban J connectivity index is 1.50. The second kappa shape index (κ2) is 13.0. The molecule has 1 fully saturated rings. The fourth-order valence-electron chi connectivity index (χ4n) is 4.23. The van der Waals surface area contributed by atoms with Crippen molar-refractivity contribution in [3.05, 3.63) is 84.0 Å². The highest BCUT2D eigenvalue weighted by Gasteiger charge is 2.48. The van der Waals surface area contributed by atoms with Gasteiger partial charge in [-0.25, -0.2) is 9.59 Å². The molecule has 40 heavy (non-hydrogen) atoms. The van der Waals surface area contributed by atoms with Crippen molar-refractivity contribution in [1.82, 2.24) is 0 Å². The SMILES string of the molecule is O=C(C=Cc1ccccc1)O[C@H]1[C@H](Oc2ccccc2COC(=O)[C@@]2(O)C=CCCC2=O)O[C@H](CO)[C@@H](O)[C@@H]1O. The number of benzene rings is 2. The van der Waals surface area contributed by atoms with Crippen molar-refractivity contribution in [3.63, 3.8) is 0 Å². The van der Waals surface area contributed by atoms with Gasteiger partial charge in [-0.05, 0) is 30.2 Å². The summed E-state index contributed by atoms with van der Waals surface area (Å²) in [5, 5.41) is 41.2. The number of esters is 2. The van der Waals surface area contributed by atoms with Crippen LogP contribution >= 0.6 is 0 Å². The number of allylic oxidation sites excluding steroid dienone is 1. The first-order valence-electron chi connectivity index (χ1n) is 12.6. The predicted octanol–water partition coefficient (Wildman–Crippen LogP) is 0.823. The van der Waals surface area contributed by atoms with E-state index in [2.05, 4.69) is 0 Å². The fourth-order valence-corrected chi connectivity index (χ4v) is 4.23. The number of hydrogen-bond acceptors (Lipinski definition) is 11. The maximum absolute atomic E-state index is 12.6. The summed E-state index contributed by atoms with van der Waals surface area (Å²) in [6, 6.07) is 15.2. The average Bonchev–Trinajstić information content (AvgIpc) is 2.97. The quantitative estimate of drug-likeness (QED) is 0.150. The second-order valence-corrected chi connectivity index (χ2v) is 9.28. The van der Waals surface area contributed by atoms with Gasteiger partial charge < -0.3 is 39.4 Å². The van der Waals surface area contributed by atoms with Gasteiger partial charge in [-0.15, -0.1) is 0 Å². The number of carbonyl (C=O) groups excluding carboxylic acids is 3. The van der Waals surface area contributed by atoms with Crippen molar-refractivity contribution in [2.45, 2.75) is 55.8 Å². The van der Waals surface area contributed by atoms with E-state index < -0.39 is 67.2 Å². The third-order valence-corrected chi connectivity index (χ3v) is 6.50. The highest BCUT2D eigenvalue weighted by molar-refractivity contribution is 6.09. The third kappa shape index (κ3) is 6.64. The van der Waals surface area contributed by atoms with Crippen LogP contribution in [0.2, 0.25) is 0 Å². The van der Waals surface area contributed by atoms with Gasteiger partial charge in [-0.3, -0.25) is 4.79 Å². The molecule has 212 valence electrons. The van der Waals surface area contributed by atoms with Gasteiger partial charge in [0.15, 0.2) is 11.9 Å². The lowest BCUT2D eigenvalue weighted by Gasteiger charge is -2.41. The van der Waals surface area contributed by atoms with Crippen LogP contribution in [0.3, 0.4) is 0 Å². The molecule has 2 aliphatic rings. The first-order chi connectivity index (χ1) is 19.2. The van der Waals surface area contributed by atoms with Gasteiger partial charge in [0, 0.05) is 18.1 Å². The molecule has 4 rings (SSSR count). The third-order valence-electron chi connectivity index (χ3n) is 6.50. The van der Waals surface area contributed by atoms with E-state index in [4.69, 9.17) is 18.9 Å². The van der Waals surface area contributed by atoms with E-state index >= 15 is 0 Å². The van der Waals surface area contributed by atoms with E-state index in [9.17, 15) is 34.8 Å². The maximum Gasteiger partial charge on any atom is 0.350 e. The number of hydrogen-bond donors (Lipinski definition) is 4. The van der Waals surface area contributed by atoms with Gasteiger partial charge in [0.1, 0.15) is 30.7 Å². The van der Waals surface area contributed by atoms with E-state index in [1.54, 1.807) is 42.5 Å². The Kier molecular flexibility index (Phi) is 9.46. The number of Topliss-reactive ketones (excluding diaryl/α,β-unsaturated/α-hetero) is 1. The standard InChI is InChI=1S/C29H30O11/c30-16-21-24(33)25(34)26(40-23(32)14-13-18-8-2-1-3-9-18)27(39-21)38-20-11-5-4-10-19(20)17-37-28(35)29(36)15-7-6-12-22(29)31/h1-5,7-11,13-15,21,24-27,30,33-34,36H,6,12,16-17H2/t21-,24-,25+,26-,27-,29-/m1/s1. The Morgan fingerprint density at radius 2 is 1.77 bits per heavy atom. The molecule has 4 N–H and O–H groups in total. The van der Waals surface area contributed by atoms with Crippen molar-refractivity contribution >= 4 is 23.8 Å². The molecule has 1 aliphatic carbocycles. The number of carbonyl (C=O) groups is 3. The highest BCUT2D eigenvalue weighted by Crippen LogP contribution is 2.29. The monoisotopic (exact) mass is 554 g/mol. The van der Waals surface area contributed by atoms with E-state index in [1.807, 2.05) is 6.07 Å². The van der Waals surface area contributed by atoms with Crippen LogP contribution in [0.15, 0.2) is 72.8 Å². The lowest BCUT2D eigenvalue weighted by atomic mass is 9.90. The largest absolute Gasteiger partial charge is 0.460 e. The van der Waals surface area contributed by atoms with E-state index in [0.29, 0.717) is 12.0 Å². The zero-order chi connectivity index (χ0) is 28.7. The normalized spacial score (nSPS) is 28.3. The first-order valence-corrected chi connectivity index (χ1v) is 12.6. The Hall–Kier alpha value is -3.87. The number of aliphatic hydroxyl groups is 4. The summed E-state index contributed by atoms with van der Waals surface area (Å²) in [5.74, 6) is -2.57. The van der Waals surface area contributed by atoms with Crippen molar-refractivity contribution in [2.24, 2.45) is 0 Å². The van der Waals surface area contributed by atoms with E-state index in [-0.39, 0.29) is 12.2 Å². The molecule has 0 saturated carbocycles. The highest BCUT2D eigenvalue weighted by atomic mass is 16.7. The minimum absolute atomic E-state index is 0.00165. The van der Waals surface area contributed by atoms with Crippen LogP contribution in [0.5, 0.6) is 5.75 Å². The predicted molar refractivity (Wildman–Crippen MR) is 138 cm³/mol. The molecule has 0 unspecified atom stereocenters. The minimum atomic E-state index is -2.37. The number of aliphatic hydroxyl groups excluding tert-OH is 3. The summed E-state index contributed by atoms with van der Waals surface area (Å²) >= 11 is 0. The van der Waals surface area contributed by atoms with Crippen LogP contribution < -0.4 is 4.74 Å². The zero-order valence-electron chi connectivity index (χ0n) is 21.4. The van der Waals surface area contributed by atoms with Crippen LogP contribution in [-0.2, 0) is 35.2 Å². The van der Waals surface area contributed by atoms with Gasteiger partial charge in [-0.1, -0.05) is 54.6 Å². The Morgan fingerprint density at radius 3 is 2.50 bits per heavy atom. The van der Waals surface area contributed by atoms with Crippen molar-refractivity contribution in [1.29, 1.82) is 0 Å². The molecule has 2 aromatic carbocycles. The summed E-state index contributed by atoms with van der Waals surface area (Å²) < 4.78 is 22.1. The smallest absolute Gasteiger partial charge is 0.350 e. The minimum Gasteiger partial charge on any atom is -0.460 e. The topological polar surface area (TPSA) is 169 Å². The van der Waals surface area contributed by atoms with E-state index in [0.717, 1.165) is 17.7 Å². The van der Waals surface area contributed by atoms with Crippen LogP contribution in [0.25, 0.3) is 6.08 Å². The molecule has 1 saturated heterocycles. The zero-order valence-corrected chi connectivity index (χ0v) is 21.4. The van der Waals surface area contributed by atoms with Crippen LogP contribution in [-0.4, -0.2) is 81.1 Å². The Morgan fingerprint density at radius 1 is 1.05 bits per heavy atom. The molecule has 1 heterocycles. The fraction of sp³-hybridized carbons (Fsp3) is 0.345. The Bertz CT molecular complexity index is 1260. The van der Waals surface area contributed by atoms with Crippen molar-refractivity contribution < 1.29 is 53.8 Å². The number of ether oxygens (including phenoxy) is 4. The van der Waals surface area contributed by atoms with Gasteiger partial charge in [0.05, 0.1) is 6.61 Å². The molecule has 0 amide bonds. The maximum atomic E-state index is 12.6. The summed E-state index contributed by atoms with van der Waals surface area (Å²) in [6.07, 6.45) is -1.81. The molecule has 6 atom stereocenters. The van der Waals surface area contributed by atoms with E-state index in [1.165, 1.54) is 18.2 Å². The molecule has 0 spiro atoms. The van der Waals surface area contributed by atoms with Crippen molar-refractivity contribution in [2.75, 3.05) is 6.61 Å². The molecule has 11 heteroatoms. The molecular formula is C29H30O11.